The first kappa shape index (κ1) is 26.5. The molecule has 4 heterocycles. The Morgan fingerprint density at radius 2 is 1.95 bits per heavy atom. The molecule has 2 amide bonds. The first-order valence-electron chi connectivity index (χ1n) is 12.8. The molecular weight excluding hydrogens is 515 g/mol. The zero-order valence-electron chi connectivity index (χ0n) is 21.9. The zero-order valence-corrected chi connectivity index (χ0v) is 22.7. The third-order valence-electron chi connectivity index (χ3n) is 7.06. The number of hydrogen-bond acceptors (Lipinski definition) is 7. The van der Waals surface area contributed by atoms with Gasteiger partial charge in [-0.3, -0.25) is 4.79 Å². The Hall–Kier alpha value is -3.11. The molecule has 0 bridgehead atoms. The lowest BCUT2D eigenvalue weighted by Gasteiger charge is -2.40. The van der Waals surface area contributed by atoms with E-state index in [1.807, 2.05) is 11.8 Å². The van der Waals surface area contributed by atoms with Gasteiger partial charge in [-0.1, -0.05) is 23.7 Å². The molecule has 3 aliphatic heterocycles. The minimum absolute atomic E-state index is 0.0402. The lowest BCUT2D eigenvalue weighted by atomic mass is 10.1. The number of aliphatic hydroxyl groups excluding tert-OH is 1. The summed E-state index contributed by atoms with van der Waals surface area (Å²) in [4.78, 5) is 36.6. The summed E-state index contributed by atoms with van der Waals surface area (Å²) in [7, 11) is 0. The standard InChI is InChI=1S/C27H32ClFN4O5/c1-15-11-17(34)13-33(15)24-20-23(21(28)22(30-24)18-7-5-6-8-19(18)29)37-14-16-12-31(9-10-32(16)25(20)35)26(36)38-27(2,3)4/h5-8,15-17,34H,9-14H2,1-4H3/t15-,16+,17+/m0/s1. The van der Waals surface area contributed by atoms with Gasteiger partial charge in [0.1, 0.15) is 34.4 Å². The van der Waals surface area contributed by atoms with E-state index in [2.05, 4.69) is 0 Å². The number of anilines is 1. The monoisotopic (exact) mass is 546 g/mol. The van der Waals surface area contributed by atoms with Crippen molar-refractivity contribution in [3.63, 3.8) is 0 Å². The fourth-order valence-electron chi connectivity index (χ4n) is 5.28. The Kier molecular flexibility index (Phi) is 6.89. The van der Waals surface area contributed by atoms with Crippen LogP contribution in [0.2, 0.25) is 5.02 Å². The Balaban J connectivity index is 1.57. The summed E-state index contributed by atoms with van der Waals surface area (Å²) in [5.41, 5.74) is -0.114. The predicted molar refractivity (Wildman–Crippen MR) is 140 cm³/mol. The van der Waals surface area contributed by atoms with Gasteiger partial charge in [0.25, 0.3) is 5.91 Å². The van der Waals surface area contributed by atoms with E-state index in [-0.39, 0.29) is 65.8 Å². The van der Waals surface area contributed by atoms with Gasteiger partial charge >= 0.3 is 6.09 Å². The summed E-state index contributed by atoms with van der Waals surface area (Å²) in [6, 6.07) is 5.58. The molecule has 0 saturated carbocycles. The number of fused-ring (bicyclic) bond motifs is 2. The maximum absolute atomic E-state index is 14.9. The molecule has 2 fully saturated rings. The van der Waals surface area contributed by atoms with E-state index in [1.54, 1.807) is 48.8 Å². The number of benzene rings is 1. The summed E-state index contributed by atoms with van der Waals surface area (Å²) in [6.45, 7) is 8.49. The quantitative estimate of drug-likeness (QED) is 0.609. The van der Waals surface area contributed by atoms with Gasteiger partial charge in [0, 0.05) is 37.8 Å². The van der Waals surface area contributed by atoms with Crippen LogP contribution in [0.15, 0.2) is 24.3 Å². The Bertz CT molecular complexity index is 1270. The number of nitrogens with zero attached hydrogens (tertiary/aromatic N) is 4. The van der Waals surface area contributed by atoms with Crippen molar-refractivity contribution in [2.45, 2.75) is 57.9 Å². The molecular formula is C27H32ClFN4O5. The van der Waals surface area contributed by atoms with Gasteiger partial charge in [-0.2, -0.15) is 0 Å². The lowest BCUT2D eigenvalue weighted by molar-refractivity contribution is 0.000954. The predicted octanol–water partition coefficient (Wildman–Crippen LogP) is 3.95. The SMILES string of the molecule is C[C@H]1C[C@@H](O)CN1c1nc(-c2ccccc2F)c(Cl)c2c1C(=O)N1CCN(C(=O)OC(C)(C)C)C[C@@H]1CO2. The molecule has 1 aromatic carbocycles. The van der Waals surface area contributed by atoms with Crippen LogP contribution in [-0.2, 0) is 4.74 Å². The number of carbonyl (C=O) groups excluding carboxylic acids is 2. The van der Waals surface area contributed by atoms with E-state index in [1.165, 1.54) is 6.07 Å². The highest BCUT2D eigenvalue weighted by atomic mass is 35.5. The number of aliphatic hydroxyl groups is 1. The Morgan fingerprint density at radius 1 is 1.21 bits per heavy atom. The van der Waals surface area contributed by atoms with E-state index >= 15 is 0 Å². The number of ether oxygens (including phenoxy) is 2. The number of halogens is 2. The summed E-state index contributed by atoms with van der Waals surface area (Å²) in [6.07, 6.45) is -0.546. The molecule has 204 valence electrons. The van der Waals surface area contributed by atoms with Crippen LogP contribution in [0.3, 0.4) is 0 Å². The summed E-state index contributed by atoms with van der Waals surface area (Å²) in [5, 5.41) is 10.4. The first-order chi connectivity index (χ1) is 17.9. The van der Waals surface area contributed by atoms with Crippen LogP contribution in [-0.4, -0.2) is 88.5 Å². The molecule has 38 heavy (non-hydrogen) atoms. The number of aromatic nitrogens is 1. The second kappa shape index (κ2) is 9.89. The maximum Gasteiger partial charge on any atom is 0.410 e. The van der Waals surface area contributed by atoms with Crippen molar-refractivity contribution in [3.8, 4) is 17.0 Å². The number of amides is 2. The van der Waals surface area contributed by atoms with Gasteiger partial charge in [-0.05, 0) is 46.2 Å². The molecule has 0 spiro atoms. The average molecular weight is 547 g/mol. The van der Waals surface area contributed by atoms with Gasteiger partial charge in [0.05, 0.1) is 17.8 Å². The molecule has 1 N–H and O–H groups in total. The fraction of sp³-hybridized carbons (Fsp3) is 0.519. The van der Waals surface area contributed by atoms with Crippen LogP contribution in [0, 0.1) is 5.82 Å². The van der Waals surface area contributed by atoms with Gasteiger partial charge < -0.3 is 29.3 Å². The van der Waals surface area contributed by atoms with Gasteiger partial charge in [0.2, 0.25) is 0 Å². The van der Waals surface area contributed by atoms with E-state index < -0.39 is 29.7 Å². The highest BCUT2D eigenvalue weighted by molar-refractivity contribution is 6.35. The highest BCUT2D eigenvalue weighted by Gasteiger charge is 2.43. The normalized spacial score (nSPS) is 23.5. The third kappa shape index (κ3) is 4.87. The van der Waals surface area contributed by atoms with Crippen molar-refractivity contribution < 1.29 is 28.6 Å². The molecule has 0 aliphatic carbocycles. The Morgan fingerprint density at radius 3 is 2.61 bits per heavy atom. The summed E-state index contributed by atoms with van der Waals surface area (Å²) < 4.78 is 26.6. The average Bonchev–Trinajstić information content (AvgIpc) is 3.11. The number of piperazine rings is 1. The molecule has 1 aromatic heterocycles. The molecule has 3 aliphatic rings. The number of carbonyl (C=O) groups is 2. The minimum Gasteiger partial charge on any atom is -0.489 e. The van der Waals surface area contributed by atoms with Gasteiger partial charge in [-0.25, -0.2) is 14.2 Å². The fourth-order valence-corrected chi connectivity index (χ4v) is 5.57. The summed E-state index contributed by atoms with van der Waals surface area (Å²) in [5.74, 6) is -0.407. The third-order valence-corrected chi connectivity index (χ3v) is 7.41. The highest BCUT2D eigenvalue weighted by Crippen LogP contribution is 2.45. The largest absolute Gasteiger partial charge is 0.489 e. The van der Waals surface area contributed by atoms with Crippen LogP contribution in [0.25, 0.3) is 11.3 Å². The van der Waals surface area contributed by atoms with Crippen LogP contribution in [0.1, 0.15) is 44.5 Å². The molecule has 0 unspecified atom stereocenters. The number of pyridine rings is 1. The van der Waals surface area contributed by atoms with Crippen LogP contribution >= 0.6 is 11.6 Å². The van der Waals surface area contributed by atoms with Crippen LogP contribution < -0.4 is 9.64 Å². The maximum atomic E-state index is 14.9. The van der Waals surface area contributed by atoms with Crippen molar-refractivity contribution in [2.75, 3.05) is 37.7 Å². The Labute approximate surface area is 226 Å². The van der Waals surface area contributed by atoms with E-state index in [9.17, 15) is 19.1 Å². The molecule has 2 aromatic rings. The zero-order chi connectivity index (χ0) is 27.4. The smallest absolute Gasteiger partial charge is 0.410 e. The van der Waals surface area contributed by atoms with Crippen molar-refractivity contribution in [1.82, 2.24) is 14.8 Å². The number of hydrogen-bond donors (Lipinski definition) is 1. The van der Waals surface area contributed by atoms with Crippen LogP contribution in [0.5, 0.6) is 5.75 Å². The first-order valence-corrected chi connectivity index (χ1v) is 13.2. The van der Waals surface area contributed by atoms with Crippen molar-refractivity contribution >= 4 is 29.4 Å². The van der Waals surface area contributed by atoms with Crippen LogP contribution in [0.4, 0.5) is 15.0 Å². The molecule has 5 rings (SSSR count). The lowest BCUT2D eigenvalue weighted by Crippen LogP contribution is -2.58. The van der Waals surface area contributed by atoms with E-state index in [0.717, 1.165) is 0 Å². The number of β-amino-alcohol motifs (C(OH)–C–C–N with tert-alkyl or cyclic N) is 1. The molecule has 3 atom stereocenters. The topological polar surface area (TPSA) is 95.4 Å². The molecule has 2 saturated heterocycles. The van der Waals surface area contributed by atoms with Crippen molar-refractivity contribution in [1.29, 1.82) is 0 Å². The minimum atomic E-state index is -0.644. The van der Waals surface area contributed by atoms with Crippen molar-refractivity contribution in [2.24, 2.45) is 0 Å². The number of rotatable bonds is 2. The van der Waals surface area contributed by atoms with Crippen molar-refractivity contribution in [3.05, 3.63) is 40.7 Å². The van der Waals surface area contributed by atoms with Gasteiger partial charge in [-0.15, -0.1) is 0 Å². The molecule has 11 heteroatoms. The van der Waals surface area contributed by atoms with E-state index in [4.69, 9.17) is 26.1 Å². The second-order valence-electron chi connectivity index (χ2n) is 11.1. The molecule has 9 nitrogen and oxygen atoms in total. The second-order valence-corrected chi connectivity index (χ2v) is 11.4. The molecule has 0 radical (unpaired) electrons. The van der Waals surface area contributed by atoms with E-state index in [0.29, 0.717) is 18.8 Å². The summed E-state index contributed by atoms with van der Waals surface area (Å²) >= 11 is 6.79. The van der Waals surface area contributed by atoms with Gasteiger partial charge in [0.15, 0.2) is 5.75 Å².